The Morgan fingerprint density at radius 1 is 0.242 bits per heavy atom. The lowest BCUT2D eigenvalue weighted by molar-refractivity contribution is -0.107. The fourth-order valence-electron chi connectivity index (χ4n) is 11.3. The van der Waals surface area contributed by atoms with E-state index in [1.165, 1.54) is 71.3 Å². The summed E-state index contributed by atoms with van der Waals surface area (Å²) >= 11 is 6.18. The predicted molar refractivity (Wildman–Crippen MR) is 415 cm³/mol. The highest BCUT2D eigenvalue weighted by Crippen LogP contribution is 2.34. The van der Waals surface area contributed by atoms with Crippen molar-refractivity contribution >= 4 is 68.0 Å². The lowest BCUT2D eigenvalue weighted by Gasteiger charge is -2.31. The van der Waals surface area contributed by atoms with Gasteiger partial charge in [-0.2, -0.15) is 9.97 Å². The molecule has 0 saturated carbocycles. The third-order valence-corrected chi connectivity index (χ3v) is 17.7. The minimum atomic E-state index is -1.01. The molecule has 2 N–H and O–H groups in total. The first-order valence-electron chi connectivity index (χ1n) is 32.5. The second kappa shape index (κ2) is 30.2. The number of hydrogen-bond acceptors (Lipinski definition) is 8. The molecule has 10 heteroatoms. The fourth-order valence-corrected chi connectivity index (χ4v) is 11.5. The summed E-state index contributed by atoms with van der Waals surface area (Å²) < 4.78 is 0. The summed E-state index contributed by atoms with van der Waals surface area (Å²) in [4.78, 5) is 28.1. The zero-order valence-corrected chi connectivity index (χ0v) is 55.5. The van der Waals surface area contributed by atoms with Gasteiger partial charge in [-0.3, -0.25) is 0 Å². The van der Waals surface area contributed by atoms with Crippen molar-refractivity contribution in [3.05, 3.63) is 333 Å². The molecule has 0 fully saturated rings. The average Bonchev–Trinajstić information content (AvgIpc) is 1.03. The van der Waals surface area contributed by atoms with Gasteiger partial charge in [0.15, 0.2) is 29.1 Å². The second-order valence-electron chi connectivity index (χ2n) is 24.9. The Morgan fingerprint density at radius 2 is 0.465 bits per heavy atom. The van der Waals surface area contributed by atoms with Crippen molar-refractivity contribution in [2.24, 2.45) is 0 Å². The van der Waals surface area contributed by atoms with Crippen LogP contribution in [0.2, 0.25) is 5.28 Å². The summed E-state index contributed by atoms with van der Waals surface area (Å²) in [7, 11) is 5.70. The minimum absolute atomic E-state index is 0. The number of benzene rings is 14. The van der Waals surface area contributed by atoms with Gasteiger partial charge < -0.3 is 10.2 Å². The molecule has 0 saturated heterocycles. The van der Waals surface area contributed by atoms with Crippen LogP contribution in [-0.2, 0) is 0 Å². The summed E-state index contributed by atoms with van der Waals surface area (Å²) in [6.45, 7) is 6.31. The summed E-state index contributed by atoms with van der Waals surface area (Å²) in [5, 5.41) is 28.1. The van der Waals surface area contributed by atoms with Crippen molar-refractivity contribution in [2.45, 2.75) is 46.3 Å². The molecular weight excluding hydrogens is 1230 g/mol. The van der Waals surface area contributed by atoms with Gasteiger partial charge in [-0.1, -0.05) is 328 Å². The average molecular weight is 1300 g/mol. The van der Waals surface area contributed by atoms with E-state index in [0.29, 0.717) is 29.1 Å². The lowest BCUT2D eigenvalue weighted by Crippen LogP contribution is -2.44. The van der Waals surface area contributed by atoms with E-state index in [1.54, 1.807) is 27.7 Å². The third kappa shape index (κ3) is 16.1. The molecule has 2 radical (unpaired) electrons. The van der Waals surface area contributed by atoms with Crippen molar-refractivity contribution in [3.63, 3.8) is 0 Å². The van der Waals surface area contributed by atoms with E-state index >= 15 is 0 Å². The first kappa shape index (κ1) is 67.4. The molecule has 0 spiro atoms. The molecule has 8 nitrogen and oxygen atoms in total. The molecule has 2 heterocycles. The molecule has 16 rings (SSSR count). The van der Waals surface area contributed by atoms with Crippen LogP contribution in [0.25, 0.3) is 145 Å². The van der Waals surface area contributed by atoms with Gasteiger partial charge in [0.1, 0.15) is 7.85 Å². The Labute approximate surface area is 585 Å². The predicted octanol–water partition coefficient (Wildman–Crippen LogP) is 21.7. The van der Waals surface area contributed by atoms with E-state index in [0.717, 1.165) is 49.6 Å². The van der Waals surface area contributed by atoms with Crippen LogP contribution >= 0.6 is 11.6 Å². The van der Waals surface area contributed by atoms with Crippen molar-refractivity contribution < 1.29 is 10.2 Å². The summed E-state index contributed by atoms with van der Waals surface area (Å²) in [5.41, 5.74) is 13.1. The molecule has 16 aromatic rings. The van der Waals surface area contributed by atoms with Crippen LogP contribution in [0.1, 0.15) is 35.1 Å². The maximum atomic E-state index is 9.10. The molecule has 0 amide bonds. The molecule has 0 bridgehead atoms. The normalized spacial score (nSPS) is 11.1. The SMILES string of the molecule is C.CC(C)(O)C(C)(C)O.Clc1nc(-c2ccccc2)nc(-c2ccc3c(ccc4ccccc43)c2)n1.[B]c1ccc(-c2ccc(-c3ccccc3)cc2)cc1.c1ccc(-c2ccc(-c3ccc(-c4nc(-c5ccccc5)nc(-c5ccc6c(ccc7ccccc76)c5)n4)cc3)cc2)cc1. The first-order valence-corrected chi connectivity index (χ1v) is 32.9. The van der Waals surface area contributed by atoms with Gasteiger partial charge in [0.25, 0.3) is 0 Å². The Hall–Kier alpha value is -11.6. The molecular formula is C89H72BClN6O2. The van der Waals surface area contributed by atoms with Gasteiger partial charge in [0, 0.05) is 27.8 Å². The smallest absolute Gasteiger partial charge is 0.226 e. The van der Waals surface area contributed by atoms with Crippen LogP contribution < -0.4 is 5.46 Å². The van der Waals surface area contributed by atoms with Crippen molar-refractivity contribution in [1.82, 2.24) is 29.9 Å². The van der Waals surface area contributed by atoms with E-state index in [-0.39, 0.29) is 12.7 Å². The third-order valence-electron chi connectivity index (χ3n) is 17.5. The largest absolute Gasteiger partial charge is 0.387 e. The lowest BCUT2D eigenvalue weighted by atomic mass is 9.90. The number of rotatable bonds is 10. The highest BCUT2D eigenvalue weighted by atomic mass is 35.5. The number of fused-ring (bicyclic) bond motifs is 6. The van der Waals surface area contributed by atoms with Gasteiger partial charge in [0.05, 0.1) is 11.2 Å². The van der Waals surface area contributed by atoms with Crippen LogP contribution in [0.15, 0.2) is 328 Å². The highest BCUT2D eigenvalue weighted by molar-refractivity contribution is 6.32. The van der Waals surface area contributed by atoms with Gasteiger partial charge in [-0.05, 0) is 139 Å². The van der Waals surface area contributed by atoms with Crippen LogP contribution in [0.5, 0.6) is 0 Å². The zero-order valence-electron chi connectivity index (χ0n) is 54.7. The van der Waals surface area contributed by atoms with E-state index < -0.39 is 11.2 Å². The molecule has 99 heavy (non-hydrogen) atoms. The molecule has 0 aliphatic rings. The van der Waals surface area contributed by atoms with Crippen LogP contribution in [0, 0.1) is 0 Å². The first-order chi connectivity index (χ1) is 47.6. The number of hydrogen-bond donors (Lipinski definition) is 2. The van der Waals surface area contributed by atoms with E-state index in [2.05, 4.69) is 239 Å². The van der Waals surface area contributed by atoms with Crippen molar-refractivity contribution in [1.29, 1.82) is 0 Å². The van der Waals surface area contributed by atoms with E-state index in [9.17, 15) is 0 Å². The number of halogens is 1. The Bertz CT molecular complexity index is 5370. The van der Waals surface area contributed by atoms with Gasteiger partial charge in [-0.15, -0.1) is 0 Å². The fraction of sp³-hybridized carbons (Fsp3) is 0.0787. The standard InChI is InChI=1S/C41H27N3.C23H14ClN3.C18H13B.C6H14O2.CH4/c1-3-9-28(10-4-1)29-15-17-30(18-16-29)31-19-22-34(23-20-31)40-42-39(33-12-5-2-6-13-33)43-41(44-40)36-25-26-38-35(27-36)24-21-32-11-7-8-14-37(32)38;24-23-26-21(16-7-2-1-3-8-16)25-22(27-23)18-12-13-20-17(14-18)11-10-15-6-4-5-9-19(15)20;19-18-12-10-17(11-13-18)16-8-6-15(7-9-16)14-4-2-1-3-5-14;1-5(2,7)6(3,4)8;/h1-27H;1-14H;1-13H;7-8H,1-4H3;1H4. The number of aromatic nitrogens is 6. The van der Waals surface area contributed by atoms with Gasteiger partial charge >= 0.3 is 0 Å². The Balaban J connectivity index is 0.000000144. The van der Waals surface area contributed by atoms with E-state index in [1.807, 2.05) is 103 Å². The van der Waals surface area contributed by atoms with Gasteiger partial charge in [-0.25, -0.2) is 19.9 Å². The molecule has 14 aromatic carbocycles. The number of aliphatic hydroxyl groups is 2. The second-order valence-corrected chi connectivity index (χ2v) is 25.3. The topological polar surface area (TPSA) is 118 Å². The maximum Gasteiger partial charge on any atom is 0.226 e. The van der Waals surface area contributed by atoms with Crippen molar-refractivity contribution in [2.75, 3.05) is 0 Å². The quantitative estimate of drug-likeness (QED) is 0.103. The maximum absolute atomic E-state index is 9.10. The molecule has 0 unspecified atom stereocenters. The Morgan fingerprint density at radius 3 is 0.808 bits per heavy atom. The minimum Gasteiger partial charge on any atom is -0.387 e. The molecule has 0 aliphatic carbocycles. The molecule has 480 valence electrons. The van der Waals surface area contributed by atoms with E-state index in [4.69, 9.17) is 44.6 Å². The zero-order chi connectivity index (χ0) is 67.6. The summed E-state index contributed by atoms with van der Waals surface area (Å²) in [5.74, 6) is 3.11. The molecule has 0 atom stereocenters. The molecule has 2 aromatic heterocycles. The van der Waals surface area contributed by atoms with Crippen LogP contribution in [-0.4, -0.2) is 59.2 Å². The number of nitrogens with zero attached hydrogens (tertiary/aromatic N) is 6. The van der Waals surface area contributed by atoms with Crippen LogP contribution in [0.3, 0.4) is 0 Å². The summed E-state index contributed by atoms with van der Waals surface area (Å²) in [6.07, 6.45) is 0. The molecule has 0 aliphatic heterocycles. The summed E-state index contributed by atoms with van der Waals surface area (Å²) in [6, 6.07) is 113. The van der Waals surface area contributed by atoms with Gasteiger partial charge in [0.2, 0.25) is 5.28 Å². The Kier molecular flexibility index (Phi) is 20.6. The van der Waals surface area contributed by atoms with Crippen molar-refractivity contribution in [3.8, 4) is 101 Å². The monoisotopic (exact) mass is 1300 g/mol. The highest BCUT2D eigenvalue weighted by Gasteiger charge is 2.32. The van der Waals surface area contributed by atoms with Crippen LogP contribution in [0.4, 0.5) is 0 Å².